The second kappa shape index (κ2) is 7.27. The maximum atomic E-state index is 12.4. The maximum Gasteiger partial charge on any atom is 0.241 e. The van der Waals surface area contributed by atoms with E-state index in [0.29, 0.717) is 0 Å². The van der Waals surface area contributed by atoms with Crippen molar-refractivity contribution in [3.8, 4) is 0 Å². The van der Waals surface area contributed by atoms with E-state index in [1.165, 1.54) is 16.0 Å². The number of nitrogens with two attached hydrogens (primary N) is 1. The Labute approximate surface area is 141 Å². The minimum absolute atomic E-state index is 0. The van der Waals surface area contributed by atoms with Gasteiger partial charge in [-0.25, -0.2) is 0 Å². The molecule has 0 radical (unpaired) electrons. The smallest absolute Gasteiger partial charge is 0.241 e. The van der Waals surface area contributed by atoms with Crippen LogP contribution in [-0.4, -0.2) is 5.91 Å². The quantitative estimate of drug-likeness (QED) is 0.898. The van der Waals surface area contributed by atoms with Crippen molar-refractivity contribution in [3.05, 3.63) is 57.3 Å². The van der Waals surface area contributed by atoms with Crippen molar-refractivity contribution in [1.29, 1.82) is 0 Å². The van der Waals surface area contributed by atoms with Crippen molar-refractivity contribution < 1.29 is 4.79 Å². The Morgan fingerprint density at radius 2 is 2.05 bits per heavy atom. The molecule has 0 bridgehead atoms. The molecule has 0 fully saturated rings. The Kier molecular flexibility index (Phi) is 5.62. The zero-order valence-electron chi connectivity index (χ0n) is 12.5. The van der Waals surface area contributed by atoms with Gasteiger partial charge in [-0.1, -0.05) is 29.8 Å². The number of benzene rings is 1. The van der Waals surface area contributed by atoms with Crippen LogP contribution in [0.3, 0.4) is 0 Å². The summed E-state index contributed by atoms with van der Waals surface area (Å²) in [6, 6.07) is 9.47. The number of halogens is 1. The summed E-state index contributed by atoms with van der Waals surface area (Å²) in [4.78, 5) is 13.8. The minimum Gasteiger partial charge on any atom is -0.348 e. The average molecular weight is 337 g/mol. The number of fused-ring (bicyclic) bond motifs is 1. The van der Waals surface area contributed by atoms with Crippen LogP contribution in [0.15, 0.2) is 35.7 Å². The molecular weight excluding hydrogens is 316 g/mol. The summed E-state index contributed by atoms with van der Waals surface area (Å²) >= 11 is 1.78. The molecule has 1 amide bonds. The number of carbonyl (C=O) groups excluding carboxylic acids is 1. The predicted octanol–water partition coefficient (Wildman–Crippen LogP) is 3.67. The monoisotopic (exact) mass is 336 g/mol. The first-order valence-electron chi connectivity index (χ1n) is 7.34. The van der Waals surface area contributed by atoms with E-state index in [4.69, 9.17) is 5.73 Å². The molecule has 2 unspecified atom stereocenters. The Hall–Kier alpha value is -1.36. The van der Waals surface area contributed by atoms with Crippen molar-refractivity contribution in [1.82, 2.24) is 5.32 Å². The number of carbonyl (C=O) groups is 1. The lowest BCUT2D eigenvalue weighted by Crippen LogP contribution is -2.37. The minimum atomic E-state index is -0.602. The van der Waals surface area contributed by atoms with Gasteiger partial charge in [-0.15, -0.1) is 23.7 Å². The first-order valence-corrected chi connectivity index (χ1v) is 8.22. The third kappa shape index (κ3) is 3.51. The highest BCUT2D eigenvalue weighted by atomic mass is 35.5. The summed E-state index contributed by atoms with van der Waals surface area (Å²) in [6.45, 7) is 2.02. The number of hydrogen-bond acceptors (Lipinski definition) is 3. The number of aryl methyl sites for hydroxylation is 2. The lowest BCUT2D eigenvalue weighted by atomic mass is 9.93. The van der Waals surface area contributed by atoms with Gasteiger partial charge in [0, 0.05) is 4.88 Å². The van der Waals surface area contributed by atoms with E-state index in [0.717, 1.165) is 24.8 Å². The summed E-state index contributed by atoms with van der Waals surface area (Å²) < 4.78 is 0. The van der Waals surface area contributed by atoms with Crippen LogP contribution in [-0.2, 0) is 11.2 Å². The molecule has 5 heteroatoms. The molecule has 0 saturated heterocycles. The van der Waals surface area contributed by atoms with Gasteiger partial charge in [0.25, 0.3) is 0 Å². The molecule has 1 heterocycles. The highest BCUT2D eigenvalue weighted by molar-refractivity contribution is 7.10. The second-order valence-corrected chi connectivity index (χ2v) is 6.64. The maximum absolute atomic E-state index is 12.4. The van der Waals surface area contributed by atoms with Crippen molar-refractivity contribution in [2.45, 2.75) is 38.3 Å². The van der Waals surface area contributed by atoms with E-state index in [9.17, 15) is 4.79 Å². The van der Waals surface area contributed by atoms with E-state index in [2.05, 4.69) is 16.8 Å². The lowest BCUT2D eigenvalue weighted by molar-refractivity contribution is -0.123. The molecule has 2 aromatic rings. The SMILES string of the molecule is Cc1ccc(C(N)C(=O)NC2CCCc3sccc32)cc1.Cl. The largest absolute Gasteiger partial charge is 0.348 e. The van der Waals surface area contributed by atoms with Crippen LogP contribution in [0, 0.1) is 6.92 Å². The summed E-state index contributed by atoms with van der Waals surface area (Å²) in [7, 11) is 0. The van der Waals surface area contributed by atoms with Crippen LogP contribution in [0.5, 0.6) is 0 Å². The van der Waals surface area contributed by atoms with Crippen molar-refractivity contribution >= 4 is 29.7 Å². The molecule has 0 spiro atoms. The topological polar surface area (TPSA) is 55.1 Å². The predicted molar refractivity (Wildman–Crippen MR) is 93.5 cm³/mol. The molecule has 1 aliphatic carbocycles. The molecule has 3 N–H and O–H groups in total. The summed E-state index contributed by atoms with van der Waals surface area (Å²) in [5, 5.41) is 5.22. The van der Waals surface area contributed by atoms with E-state index in [-0.39, 0.29) is 24.4 Å². The molecule has 22 heavy (non-hydrogen) atoms. The molecule has 3 rings (SSSR count). The van der Waals surface area contributed by atoms with Crippen LogP contribution in [0.1, 0.15) is 46.5 Å². The molecule has 0 saturated carbocycles. The van der Waals surface area contributed by atoms with Crippen LogP contribution < -0.4 is 11.1 Å². The van der Waals surface area contributed by atoms with E-state index in [1.54, 1.807) is 11.3 Å². The second-order valence-electron chi connectivity index (χ2n) is 5.64. The van der Waals surface area contributed by atoms with Gasteiger partial charge in [-0.2, -0.15) is 0 Å². The number of amides is 1. The molecule has 2 atom stereocenters. The van der Waals surface area contributed by atoms with Crippen molar-refractivity contribution in [2.75, 3.05) is 0 Å². The van der Waals surface area contributed by atoms with E-state index in [1.807, 2.05) is 31.2 Å². The van der Waals surface area contributed by atoms with Gasteiger partial charge in [-0.3, -0.25) is 4.79 Å². The standard InChI is InChI=1S/C17H20N2OS.ClH/c1-11-5-7-12(8-6-11)16(18)17(20)19-14-3-2-4-15-13(14)9-10-21-15;/h5-10,14,16H,2-4,18H2,1H3,(H,19,20);1H. The number of nitrogens with one attached hydrogen (secondary N) is 1. The Morgan fingerprint density at radius 3 is 2.77 bits per heavy atom. The number of rotatable bonds is 3. The van der Waals surface area contributed by atoms with Gasteiger partial charge in [0.1, 0.15) is 6.04 Å². The molecule has 1 aliphatic rings. The fourth-order valence-electron chi connectivity index (χ4n) is 2.82. The van der Waals surface area contributed by atoms with Crippen LogP contribution >= 0.6 is 23.7 Å². The summed E-state index contributed by atoms with van der Waals surface area (Å²) in [5.41, 5.74) is 9.39. The van der Waals surface area contributed by atoms with Gasteiger partial charge in [0.2, 0.25) is 5.91 Å². The van der Waals surface area contributed by atoms with Crippen LogP contribution in [0.4, 0.5) is 0 Å². The molecule has 118 valence electrons. The number of thiophene rings is 1. The molecular formula is C17H21ClN2OS. The van der Waals surface area contributed by atoms with Crippen molar-refractivity contribution in [3.63, 3.8) is 0 Å². The van der Waals surface area contributed by atoms with Gasteiger partial charge >= 0.3 is 0 Å². The first-order chi connectivity index (χ1) is 10.1. The van der Waals surface area contributed by atoms with Gasteiger partial charge in [0.15, 0.2) is 0 Å². The first kappa shape index (κ1) is 17.0. The highest BCUT2D eigenvalue weighted by Gasteiger charge is 2.25. The fourth-order valence-corrected chi connectivity index (χ4v) is 3.81. The van der Waals surface area contributed by atoms with Crippen molar-refractivity contribution in [2.24, 2.45) is 5.73 Å². The normalized spacial score (nSPS) is 18.0. The van der Waals surface area contributed by atoms with Crippen LogP contribution in [0.25, 0.3) is 0 Å². The number of hydrogen-bond donors (Lipinski definition) is 2. The van der Waals surface area contributed by atoms with E-state index >= 15 is 0 Å². The third-order valence-electron chi connectivity index (χ3n) is 4.09. The Balaban J connectivity index is 0.00000176. The average Bonchev–Trinajstić information content (AvgIpc) is 2.97. The molecule has 0 aliphatic heterocycles. The molecule has 1 aromatic heterocycles. The van der Waals surface area contributed by atoms with Gasteiger partial charge < -0.3 is 11.1 Å². The fraction of sp³-hybridized carbons (Fsp3) is 0.353. The Bertz CT molecular complexity index is 638. The zero-order valence-corrected chi connectivity index (χ0v) is 14.2. The van der Waals surface area contributed by atoms with E-state index < -0.39 is 6.04 Å². The summed E-state index contributed by atoms with van der Waals surface area (Å²) in [5.74, 6) is -0.0945. The van der Waals surface area contributed by atoms with Gasteiger partial charge in [0.05, 0.1) is 6.04 Å². The lowest BCUT2D eigenvalue weighted by Gasteiger charge is -2.25. The van der Waals surface area contributed by atoms with Gasteiger partial charge in [-0.05, 0) is 48.8 Å². The Morgan fingerprint density at radius 1 is 1.32 bits per heavy atom. The third-order valence-corrected chi connectivity index (χ3v) is 5.08. The summed E-state index contributed by atoms with van der Waals surface area (Å²) in [6.07, 6.45) is 3.25. The van der Waals surface area contributed by atoms with Crippen LogP contribution in [0.2, 0.25) is 0 Å². The molecule has 3 nitrogen and oxygen atoms in total. The molecule has 1 aromatic carbocycles. The highest BCUT2D eigenvalue weighted by Crippen LogP contribution is 2.33. The zero-order chi connectivity index (χ0) is 14.8.